The Morgan fingerprint density at radius 2 is 1.63 bits per heavy atom. The average Bonchev–Trinajstić information content (AvgIpc) is 3.09. The largest absolute Gasteiger partial charge is 0.338 e. The predicted octanol–water partition coefficient (Wildman–Crippen LogP) is 1.44. The molecule has 1 atom stereocenters. The second kappa shape index (κ2) is 9.09. The Balaban J connectivity index is 1.22. The first-order valence-electron chi connectivity index (χ1n) is 11.8. The number of amides is 4. The van der Waals surface area contributed by atoms with E-state index < -0.39 is 27.5 Å². The molecule has 3 aliphatic rings. The molecule has 10 heteroatoms. The molecule has 35 heavy (non-hydrogen) atoms. The van der Waals surface area contributed by atoms with Crippen molar-refractivity contribution >= 4 is 27.9 Å². The molecule has 9 nitrogen and oxygen atoms in total. The zero-order chi connectivity index (χ0) is 24.6. The highest BCUT2D eigenvalue weighted by molar-refractivity contribution is 7.88. The normalized spacial score (nSPS) is 22.9. The van der Waals surface area contributed by atoms with Gasteiger partial charge in [0.2, 0.25) is 15.9 Å². The zero-order valence-electron chi connectivity index (χ0n) is 19.4. The number of sulfonamides is 1. The number of benzene rings is 2. The molecule has 0 bridgehead atoms. The van der Waals surface area contributed by atoms with Crippen LogP contribution in [0.1, 0.15) is 29.5 Å². The fourth-order valence-corrected chi connectivity index (χ4v) is 6.80. The summed E-state index contributed by atoms with van der Waals surface area (Å²) in [5, 5.41) is 2.86. The average molecular weight is 497 g/mol. The summed E-state index contributed by atoms with van der Waals surface area (Å²) in [5.41, 5.74) is 1.43. The van der Waals surface area contributed by atoms with E-state index in [2.05, 4.69) is 5.32 Å². The van der Waals surface area contributed by atoms with Crippen molar-refractivity contribution in [2.75, 3.05) is 32.7 Å². The van der Waals surface area contributed by atoms with Crippen molar-refractivity contribution in [1.82, 2.24) is 19.4 Å². The third-order valence-corrected chi connectivity index (χ3v) is 8.97. The molecule has 184 valence electrons. The lowest BCUT2D eigenvalue weighted by Crippen LogP contribution is -2.53. The lowest BCUT2D eigenvalue weighted by molar-refractivity contribution is -0.140. The van der Waals surface area contributed by atoms with Gasteiger partial charge < -0.3 is 10.2 Å². The Kier molecular flexibility index (Phi) is 6.10. The van der Waals surface area contributed by atoms with Crippen molar-refractivity contribution in [3.63, 3.8) is 0 Å². The van der Waals surface area contributed by atoms with Gasteiger partial charge in [0.15, 0.2) is 0 Å². The van der Waals surface area contributed by atoms with Gasteiger partial charge in [0.25, 0.3) is 5.91 Å². The van der Waals surface area contributed by atoms with Gasteiger partial charge in [0.1, 0.15) is 12.1 Å². The van der Waals surface area contributed by atoms with Crippen LogP contribution in [0.2, 0.25) is 0 Å². The minimum Gasteiger partial charge on any atom is -0.338 e. The van der Waals surface area contributed by atoms with Crippen molar-refractivity contribution in [1.29, 1.82) is 0 Å². The smallest absolute Gasteiger partial charge is 0.325 e. The summed E-state index contributed by atoms with van der Waals surface area (Å²) in [5.74, 6) is -0.852. The summed E-state index contributed by atoms with van der Waals surface area (Å²) < 4.78 is 27.0. The number of nitrogens with zero attached hydrogens (tertiary/aromatic N) is 3. The number of carbonyl (C=O) groups is 3. The molecule has 1 N–H and O–H groups in total. The monoisotopic (exact) mass is 496 g/mol. The summed E-state index contributed by atoms with van der Waals surface area (Å²) in [6.45, 7) is 0.428. The van der Waals surface area contributed by atoms with Crippen molar-refractivity contribution < 1.29 is 22.8 Å². The first kappa shape index (κ1) is 23.5. The van der Waals surface area contributed by atoms with E-state index in [1.54, 1.807) is 24.3 Å². The van der Waals surface area contributed by atoms with E-state index >= 15 is 0 Å². The Hall–Kier alpha value is -3.24. The minimum absolute atomic E-state index is 0.0895. The Bertz CT molecular complexity index is 1260. The molecule has 5 rings (SSSR count). The van der Waals surface area contributed by atoms with E-state index in [1.165, 1.54) is 9.21 Å². The van der Waals surface area contributed by atoms with Crippen LogP contribution in [-0.2, 0) is 37.3 Å². The van der Waals surface area contributed by atoms with Crippen LogP contribution in [0.5, 0.6) is 0 Å². The Morgan fingerprint density at radius 3 is 2.37 bits per heavy atom. The third kappa shape index (κ3) is 4.32. The van der Waals surface area contributed by atoms with Crippen LogP contribution in [0.4, 0.5) is 4.79 Å². The maximum atomic E-state index is 13.4. The molecule has 0 aromatic heterocycles. The number of piperazine rings is 1. The van der Waals surface area contributed by atoms with E-state index in [4.69, 9.17) is 0 Å². The molecule has 1 aliphatic carbocycles. The number of hydrogen-bond donors (Lipinski definition) is 1. The summed E-state index contributed by atoms with van der Waals surface area (Å²) >= 11 is 0. The molecule has 1 spiro atoms. The van der Waals surface area contributed by atoms with Crippen LogP contribution in [0, 0.1) is 0 Å². The Morgan fingerprint density at radius 1 is 0.943 bits per heavy atom. The molecule has 1 unspecified atom stereocenters. The fraction of sp³-hybridized carbons (Fsp3) is 0.400. The molecular weight excluding hydrogens is 468 g/mol. The highest BCUT2D eigenvalue weighted by atomic mass is 32.2. The number of urea groups is 1. The van der Waals surface area contributed by atoms with Crippen LogP contribution in [0.3, 0.4) is 0 Å². The van der Waals surface area contributed by atoms with Gasteiger partial charge in [0.05, 0.1) is 5.75 Å². The molecule has 2 aromatic rings. The van der Waals surface area contributed by atoms with Crippen LogP contribution in [0.25, 0.3) is 0 Å². The number of hydrogen-bond acceptors (Lipinski definition) is 5. The Labute approximate surface area is 204 Å². The standard InChI is InChI=1S/C25H28N4O5S/c30-22(27-13-15-28(16-14-27)35(33,34)18-19-7-2-1-3-8-19)17-29-23(31)25(26-24(29)32)12-6-10-20-9-4-5-11-21(20)25/h1-5,7-9,11H,6,10,12-18H2,(H,26,32). The predicted molar refractivity (Wildman–Crippen MR) is 129 cm³/mol. The topological polar surface area (TPSA) is 107 Å². The van der Waals surface area contributed by atoms with Gasteiger partial charge in [0, 0.05) is 26.2 Å². The van der Waals surface area contributed by atoms with Crippen molar-refractivity contribution in [3.05, 3.63) is 71.3 Å². The van der Waals surface area contributed by atoms with Crippen molar-refractivity contribution in [2.45, 2.75) is 30.6 Å². The molecule has 2 fully saturated rings. The second-order valence-electron chi connectivity index (χ2n) is 9.26. The summed E-state index contributed by atoms with van der Waals surface area (Å²) in [6, 6.07) is 16.0. The molecule has 4 amide bonds. The van der Waals surface area contributed by atoms with Crippen LogP contribution >= 0.6 is 0 Å². The quantitative estimate of drug-likeness (QED) is 0.631. The van der Waals surface area contributed by atoms with Crippen molar-refractivity contribution in [2.24, 2.45) is 0 Å². The minimum atomic E-state index is -3.51. The fourth-order valence-electron chi connectivity index (χ4n) is 5.28. The van der Waals surface area contributed by atoms with Gasteiger partial charge in [-0.25, -0.2) is 13.2 Å². The van der Waals surface area contributed by atoms with Crippen molar-refractivity contribution in [3.8, 4) is 0 Å². The number of rotatable bonds is 5. The van der Waals surface area contributed by atoms with Crippen LogP contribution in [0.15, 0.2) is 54.6 Å². The van der Waals surface area contributed by atoms with E-state index in [0.717, 1.165) is 28.9 Å². The third-order valence-electron chi connectivity index (χ3n) is 7.12. The van der Waals surface area contributed by atoms with Gasteiger partial charge in [-0.15, -0.1) is 0 Å². The van der Waals surface area contributed by atoms with Crippen LogP contribution < -0.4 is 5.32 Å². The van der Waals surface area contributed by atoms with Gasteiger partial charge in [-0.05, 0) is 36.0 Å². The molecule has 2 heterocycles. The first-order chi connectivity index (χ1) is 16.8. The van der Waals surface area contributed by atoms with E-state index in [9.17, 15) is 22.8 Å². The lowest BCUT2D eigenvalue weighted by Gasteiger charge is -2.35. The molecule has 2 aliphatic heterocycles. The van der Waals surface area contributed by atoms with E-state index in [-0.39, 0.29) is 44.4 Å². The van der Waals surface area contributed by atoms with Gasteiger partial charge in [-0.3, -0.25) is 14.5 Å². The van der Waals surface area contributed by atoms with Gasteiger partial charge >= 0.3 is 6.03 Å². The molecule has 0 saturated carbocycles. The van der Waals surface area contributed by atoms with Gasteiger partial charge in [-0.1, -0.05) is 54.6 Å². The second-order valence-corrected chi connectivity index (χ2v) is 11.2. The number of carbonyl (C=O) groups excluding carboxylic acids is 3. The van der Waals surface area contributed by atoms with Gasteiger partial charge in [-0.2, -0.15) is 4.31 Å². The molecular formula is C25H28N4O5S. The number of fused-ring (bicyclic) bond motifs is 2. The molecule has 2 aromatic carbocycles. The highest BCUT2D eigenvalue weighted by Gasteiger charge is 2.54. The van der Waals surface area contributed by atoms with Crippen LogP contribution in [-0.4, -0.2) is 73.1 Å². The first-order valence-corrected chi connectivity index (χ1v) is 13.4. The maximum absolute atomic E-state index is 13.4. The number of aryl methyl sites for hydroxylation is 1. The highest BCUT2D eigenvalue weighted by Crippen LogP contribution is 2.39. The lowest BCUT2D eigenvalue weighted by atomic mass is 9.76. The van der Waals surface area contributed by atoms with E-state index in [0.29, 0.717) is 12.0 Å². The summed E-state index contributed by atoms with van der Waals surface area (Å²) in [6.07, 6.45) is 2.11. The maximum Gasteiger partial charge on any atom is 0.325 e. The summed E-state index contributed by atoms with van der Waals surface area (Å²) in [7, 11) is -3.51. The van der Waals surface area contributed by atoms with E-state index in [1.807, 2.05) is 30.3 Å². The number of imide groups is 1. The SMILES string of the molecule is O=C(CN1C(=O)NC2(CCCc3ccccc32)C1=O)N1CCN(S(=O)(=O)Cc2ccccc2)CC1. The molecule has 0 radical (unpaired) electrons. The number of nitrogens with one attached hydrogen (secondary N) is 1. The zero-order valence-corrected chi connectivity index (χ0v) is 20.2. The summed E-state index contributed by atoms with van der Waals surface area (Å²) in [4.78, 5) is 41.7. The molecule has 2 saturated heterocycles.